The molecule has 3 rings (SSSR count). The van der Waals surface area contributed by atoms with E-state index in [9.17, 15) is 4.79 Å². The molecule has 5 nitrogen and oxygen atoms in total. The van der Waals surface area contributed by atoms with Crippen molar-refractivity contribution >= 4 is 11.6 Å². The summed E-state index contributed by atoms with van der Waals surface area (Å²) in [6, 6.07) is 19.5. The third-order valence-electron chi connectivity index (χ3n) is 3.93. The fraction of sp³-hybridized carbons (Fsp3) is 0.143. The second-order valence-electron chi connectivity index (χ2n) is 5.76. The van der Waals surface area contributed by atoms with E-state index in [0.717, 1.165) is 11.1 Å². The van der Waals surface area contributed by atoms with Crippen LogP contribution in [0.15, 0.2) is 72.0 Å². The maximum atomic E-state index is 12.6. The number of hydrogen-bond donors (Lipinski definition) is 1. The normalized spacial score (nSPS) is 10.2. The average Bonchev–Trinajstić information content (AvgIpc) is 2.69. The van der Waals surface area contributed by atoms with Gasteiger partial charge in [0.15, 0.2) is 0 Å². The zero-order valence-electron chi connectivity index (χ0n) is 14.8. The molecule has 26 heavy (non-hydrogen) atoms. The first kappa shape index (κ1) is 17.5. The van der Waals surface area contributed by atoms with Gasteiger partial charge in [-0.2, -0.15) is 5.10 Å². The molecule has 1 heterocycles. The Morgan fingerprint density at radius 2 is 1.58 bits per heavy atom. The van der Waals surface area contributed by atoms with Crippen molar-refractivity contribution in [3.05, 3.63) is 95.1 Å². The molecule has 0 bridgehead atoms. The number of nitrogens with zero attached hydrogens (tertiary/aromatic N) is 3. The van der Waals surface area contributed by atoms with Crippen LogP contribution in [0.2, 0.25) is 0 Å². The Balaban J connectivity index is 1.93. The van der Waals surface area contributed by atoms with Crippen LogP contribution < -0.4 is 5.43 Å². The van der Waals surface area contributed by atoms with Gasteiger partial charge in [-0.3, -0.25) is 4.79 Å². The van der Waals surface area contributed by atoms with Crippen LogP contribution >= 0.6 is 0 Å². The number of amides is 1. The smallest absolute Gasteiger partial charge is 0.267 e. The van der Waals surface area contributed by atoms with Crippen LogP contribution in [0.1, 0.15) is 39.9 Å². The van der Waals surface area contributed by atoms with Crippen molar-refractivity contribution in [1.82, 2.24) is 15.4 Å². The summed E-state index contributed by atoms with van der Waals surface area (Å²) in [6.07, 6.45) is 2.21. The molecule has 3 aromatic rings. The molecule has 0 unspecified atom stereocenters. The van der Waals surface area contributed by atoms with E-state index >= 15 is 0 Å². The number of benzene rings is 2. The highest BCUT2D eigenvalue weighted by atomic mass is 16.2. The highest BCUT2D eigenvalue weighted by Gasteiger charge is 2.13. The molecule has 5 heteroatoms. The first-order valence-electron chi connectivity index (χ1n) is 8.50. The Morgan fingerprint density at radius 3 is 2.12 bits per heavy atom. The van der Waals surface area contributed by atoms with Gasteiger partial charge < -0.3 is 0 Å². The fourth-order valence-corrected chi connectivity index (χ4v) is 2.63. The van der Waals surface area contributed by atoms with Gasteiger partial charge in [0.25, 0.3) is 5.91 Å². The number of hydrazone groups is 1. The predicted molar refractivity (Wildman–Crippen MR) is 102 cm³/mol. The van der Waals surface area contributed by atoms with Crippen LogP contribution in [0.3, 0.4) is 0 Å². The molecule has 0 atom stereocenters. The molecule has 0 saturated carbocycles. The lowest BCUT2D eigenvalue weighted by Crippen LogP contribution is -2.23. The first-order chi connectivity index (χ1) is 12.7. The van der Waals surface area contributed by atoms with E-state index in [2.05, 4.69) is 20.5 Å². The third kappa shape index (κ3) is 4.00. The summed E-state index contributed by atoms with van der Waals surface area (Å²) in [6.45, 7) is 3.77. The minimum atomic E-state index is -0.314. The Kier molecular flexibility index (Phi) is 5.49. The predicted octanol–water partition coefficient (Wildman–Crippen LogP) is 3.53. The van der Waals surface area contributed by atoms with E-state index in [-0.39, 0.29) is 5.91 Å². The summed E-state index contributed by atoms with van der Waals surface area (Å²) in [5, 5.41) is 4.40. The minimum absolute atomic E-state index is 0.314. The van der Waals surface area contributed by atoms with Gasteiger partial charge in [0.05, 0.1) is 17.0 Å². The van der Waals surface area contributed by atoms with Crippen molar-refractivity contribution in [3.63, 3.8) is 0 Å². The van der Waals surface area contributed by atoms with Gasteiger partial charge in [0.2, 0.25) is 0 Å². The van der Waals surface area contributed by atoms with Gasteiger partial charge in [0, 0.05) is 17.3 Å². The molecule has 0 radical (unpaired) electrons. The highest BCUT2D eigenvalue weighted by Crippen LogP contribution is 2.11. The molecular formula is C21H20N4O. The van der Waals surface area contributed by atoms with Crippen LogP contribution in [-0.4, -0.2) is 21.6 Å². The largest absolute Gasteiger partial charge is 0.274 e. The Labute approximate surface area is 152 Å². The number of carbonyl (C=O) groups is 1. The van der Waals surface area contributed by atoms with Gasteiger partial charge >= 0.3 is 0 Å². The van der Waals surface area contributed by atoms with Crippen molar-refractivity contribution in [2.75, 3.05) is 0 Å². The molecule has 0 saturated heterocycles. The van der Waals surface area contributed by atoms with Gasteiger partial charge in [-0.1, -0.05) is 67.6 Å². The Hall–Kier alpha value is -3.34. The number of aryl methyl sites for hydroxylation is 2. The fourth-order valence-electron chi connectivity index (χ4n) is 2.63. The summed E-state index contributed by atoms with van der Waals surface area (Å²) in [5.74, 6) is 0.336. The van der Waals surface area contributed by atoms with Gasteiger partial charge in [-0.25, -0.2) is 15.4 Å². The lowest BCUT2D eigenvalue weighted by Gasteiger charge is -2.09. The Morgan fingerprint density at radius 1 is 1.00 bits per heavy atom. The van der Waals surface area contributed by atoms with Gasteiger partial charge in [0.1, 0.15) is 5.82 Å². The van der Waals surface area contributed by atoms with Crippen LogP contribution in [0.25, 0.3) is 0 Å². The quantitative estimate of drug-likeness (QED) is 0.569. The van der Waals surface area contributed by atoms with E-state index in [0.29, 0.717) is 29.2 Å². The summed E-state index contributed by atoms with van der Waals surface area (Å²) >= 11 is 0. The number of rotatable bonds is 5. The lowest BCUT2D eigenvalue weighted by atomic mass is 10.0. The molecule has 2 aromatic carbocycles. The van der Waals surface area contributed by atoms with Gasteiger partial charge in [-0.05, 0) is 13.3 Å². The molecule has 1 aromatic heterocycles. The summed E-state index contributed by atoms with van der Waals surface area (Å²) in [7, 11) is 0. The van der Waals surface area contributed by atoms with Crippen LogP contribution in [0.5, 0.6) is 0 Å². The standard InChI is InChI=1S/C21H20N4O/c1-3-19-18(14-22-15(2)23-19)21(26)25-24-20(16-10-6-4-7-11-16)17-12-8-5-9-13-17/h4-14H,3H2,1-2H3,(H,25,26). The lowest BCUT2D eigenvalue weighted by molar-refractivity contribution is 0.0953. The number of hydrogen-bond acceptors (Lipinski definition) is 4. The summed E-state index contributed by atoms with van der Waals surface area (Å²) in [5.41, 5.74) is 6.37. The van der Waals surface area contributed by atoms with Gasteiger partial charge in [-0.15, -0.1) is 0 Å². The van der Waals surface area contributed by atoms with Crippen molar-refractivity contribution in [2.45, 2.75) is 20.3 Å². The van der Waals surface area contributed by atoms with E-state index in [4.69, 9.17) is 0 Å². The van der Waals surface area contributed by atoms with Crippen LogP contribution in [0, 0.1) is 6.92 Å². The second kappa shape index (κ2) is 8.16. The van der Waals surface area contributed by atoms with E-state index < -0.39 is 0 Å². The molecule has 130 valence electrons. The highest BCUT2D eigenvalue weighted by molar-refractivity contribution is 6.13. The zero-order valence-corrected chi connectivity index (χ0v) is 14.8. The molecular weight excluding hydrogens is 324 g/mol. The molecule has 0 aliphatic carbocycles. The zero-order chi connectivity index (χ0) is 18.4. The van der Waals surface area contributed by atoms with Crippen LogP contribution in [0.4, 0.5) is 0 Å². The topological polar surface area (TPSA) is 67.2 Å². The van der Waals surface area contributed by atoms with Crippen LogP contribution in [-0.2, 0) is 6.42 Å². The molecule has 0 fully saturated rings. The molecule has 0 aliphatic rings. The maximum absolute atomic E-state index is 12.6. The first-order valence-corrected chi connectivity index (χ1v) is 8.50. The SMILES string of the molecule is CCc1nc(C)ncc1C(=O)NN=C(c1ccccc1)c1ccccc1. The number of nitrogens with one attached hydrogen (secondary N) is 1. The third-order valence-corrected chi connectivity index (χ3v) is 3.93. The molecule has 1 amide bonds. The van der Waals surface area contributed by atoms with Crippen molar-refractivity contribution in [2.24, 2.45) is 5.10 Å². The molecule has 0 aliphatic heterocycles. The minimum Gasteiger partial charge on any atom is -0.267 e. The number of aromatic nitrogens is 2. The summed E-state index contributed by atoms with van der Waals surface area (Å²) < 4.78 is 0. The van der Waals surface area contributed by atoms with E-state index in [1.54, 1.807) is 6.20 Å². The average molecular weight is 344 g/mol. The second-order valence-corrected chi connectivity index (χ2v) is 5.76. The summed E-state index contributed by atoms with van der Waals surface area (Å²) in [4.78, 5) is 21.1. The van der Waals surface area contributed by atoms with E-state index in [1.165, 1.54) is 0 Å². The molecule has 0 spiro atoms. The molecule has 1 N–H and O–H groups in total. The van der Waals surface area contributed by atoms with Crippen molar-refractivity contribution in [3.8, 4) is 0 Å². The Bertz CT molecular complexity index is 880. The maximum Gasteiger partial charge on any atom is 0.274 e. The number of carbonyl (C=O) groups excluding carboxylic acids is 1. The monoisotopic (exact) mass is 344 g/mol. The van der Waals surface area contributed by atoms with E-state index in [1.807, 2.05) is 74.5 Å². The van der Waals surface area contributed by atoms with Crippen molar-refractivity contribution < 1.29 is 4.79 Å². The van der Waals surface area contributed by atoms with Crippen molar-refractivity contribution in [1.29, 1.82) is 0 Å².